The van der Waals surface area contributed by atoms with Gasteiger partial charge in [0.15, 0.2) is 0 Å². The van der Waals surface area contributed by atoms with Gasteiger partial charge in [-0.2, -0.15) is 0 Å². The maximum Gasteiger partial charge on any atom is 0.150 e. The standard InChI is InChI=1S/C13H21NO2S/c1-3-17(15,16)11-7-10-14-12(2)13-8-5-4-6-9-13/h4-6,8-9,12,14H,3,7,10-11H2,1-2H3/t12-/m0/s1. The summed E-state index contributed by atoms with van der Waals surface area (Å²) in [6.07, 6.45) is 0.674. The van der Waals surface area contributed by atoms with E-state index in [0.717, 1.165) is 6.54 Å². The van der Waals surface area contributed by atoms with E-state index in [1.165, 1.54) is 5.56 Å². The second-order valence-corrected chi connectivity index (χ2v) is 6.65. The maximum atomic E-state index is 11.3. The van der Waals surface area contributed by atoms with Crippen molar-refractivity contribution in [3.8, 4) is 0 Å². The molecule has 4 heteroatoms. The largest absolute Gasteiger partial charge is 0.310 e. The highest BCUT2D eigenvalue weighted by molar-refractivity contribution is 7.91. The molecule has 0 bridgehead atoms. The van der Waals surface area contributed by atoms with Crippen LogP contribution in [0.1, 0.15) is 31.9 Å². The Hall–Kier alpha value is -0.870. The predicted molar refractivity (Wildman–Crippen MR) is 71.8 cm³/mol. The zero-order chi connectivity index (χ0) is 12.7. The molecule has 0 heterocycles. The summed E-state index contributed by atoms with van der Waals surface area (Å²) in [4.78, 5) is 0. The second kappa shape index (κ2) is 6.77. The van der Waals surface area contributed by atoms with Gasteiger partial charge in [-0.15, -0.1) is 0 Å². The van der Waals surface area contributed by atoms with Gasteiger partial charge < -0.3 is 5.32 Å². The van der Waals surface area contributed by atoms with Crippen LogP contribution >= 0.6 is 0 Å². The molecular weight excluding hydrogens is 234 g/mol. The van der Waals surface area contributed by atoms with Gasteiger partial charge in [0.1, 0.15) is 9.84 Å². The molecule has 1 atom stereocenters. The van der Waals surface area contributed by atoms with Gasteiger partial charge >= 0.3 is 0 Å². The summed E-state index contributed by atoms with van der Waals surface area (Å²) in [5, 5.41) is 3.33. The van der Waals surface area contributed by atoms with Gasteiger partial charge in [-0.3, -0.25) is 0 Å². The van der Waals surface area contributed by atoms with E-state index in [2.05, 4.69) is 24.4 Å². The molecule has 1 rings (SSSR count). The van der Waals surface area contributed by atoms with Gasteiger partial charge in [0.2, 0.25) is 0 Å². The molecule has 0 saturated heterocycles. The monoisotopic (exact) mass is 255 g/mol. The van der Waals surface area contributed by atoms with Crippen molar-refractivity contribution in [2.45, 2.75) is 26.3 Å². The van der Waals surface area contributed by atoms with Crippen LogP contribution in [-0.2, 0) is 9.84 Å². The Balaban J connectivity index is 2.28. The molecule has 1 aromatic carbocycles. The van der Waals surface area contributed by atoms with Gasteiger partial charge in [-0.05, 0) is 25.5 Å². The van der Waals surface area contributed by atoms with Crippen molar-refractivity contribution in [3.63, 3.8) is 0 Å². The first-order valence-electron chi connectivity index (χ1n) is 6.04. The first-order chi connectivity index (χ1) is 8.05. The summed E-state index contributed by atoms with van der Waals surface area (Å²) in [5.41, 5.74) is 1.23. The quantitative estimate of drug-likeness (QED) is 0.759. The summed E-state index contributed by atoms with van der Waals surface area (Å²) in [6, 6.07) is 10.4. The number of sulfone groups is 1. The normalized spacial score (nSPS) is 13.5. The average molecular weight is 255 g/mol. The predicted octanol–water partition coefficient (Wildman–Crippen LogP) is 2.16. The fourth-order valence-corrected chi connectivity index (χ4v) is 2.49. The Morgan fingerprint density at radius 2 is 1.88 bits per heavy atom. The van der Waals surface area contributed by atoms with E-state index in [9.17, 15) is 8.42 Å². The van der Waals surface area contributed by atoms with E-state index in [-0.39, 0.29) is 17.5 Å². The average Bonchev–Trinajstić information content (AvgIpc) is 2.35. The highest BCUT2D eigenvalue weighted by atomic mass is 32.2. The van der Waals surface area contributed by atoms with Crippen LogP contribution in [0.2, 0.25) is 0 Å². The summed E-state index contributed by atoms with van der Waals surface area (Å²) in [6.45, 7) is 4.51. The van der Waals surface area contributed by atoms with Crippen LogP contribution in [0.4, 0.5) is 0 Å². The molecule has 96 valence electrons. The van der Waals surface area contributed by atoms with Crippen molar-refractivity contribution in [3.05, 3.63) is 35.9 Å². The number of benzene rings is 1. The third-order valence-corrected chi connectivity index (χ3v) is 4.61. The molecule has 0 aromatic heterocycles. The number of hydrogen-bond donors (Lipinski definition) is 1. The highest BCUT2D eigenvalue weighted by Crippen LogP contribution is 2.10. The highest BCUT2D eigenvalue weighted by Gasteiger charge is 2.07. The third kappa shape index (κ3) is 5.33. The van der Waals surface area contributed by atoms with Gasteiger partial charge in [0.05, 0.1) is 5.75 Å². The van der Waals surface area contributed by atoms with Gasteiger partial charge in [0.25, 0.3) is 0 Å². The molecule has 0 saturated carbocycles. The lowest BCUT2D eigenvalue weighted by Crippen LogP contribution is -2.22. The molecule has 0 spiro atoms. The van der Waals surface area contributed by atoms with E-state index in [4.69, 9.17) is 0 Å². The fourth-order valence-electron chi connectivity index (χ4n) is 1.61. The van der Waals surface area contributed by atoms with E-state index in [1.807, 2.05) is 18.2 Å². The molecule has 0 unspecified atom stereocenters. The summed E-state index contributed by atoms with van der Waals surface area (Å²) in [5.74, 6) is 0.513. The minimum Gasteiger partial charge on any atom is -0.310 e. The number of nitrogens with one attached hydrogen (secondary N) is 1. The number of rotatable bonds is 7. The van der Waals surface area contributed by atoms with Crippen molar-refractivity contribution in [1.29, 1.82) is 0 Å². The minimum atomic E-state index is -2.82. The molecule has 0 aliphatic rings. The van der Waals surface area contributed by atoms with Crippen molar-refractivity contribution < 1.29 is 8.42 Å². The summed E-state index contributed by atoms with van der Waals surface area (Å²) >= 11 is 0. The molecule has 0 aliphatic carbocycles. The van der Waals surface area contributed by atoms with Crippen LogP contribution in [0.15, 0.2) is 30.3 Å². The second-order valence-electron chi connectivity index (χ2n) is 4.18. The zero-order valence-corrected chi connectivity index (χ0v) is 11.3. The van der Waals surface area contributed by atoms with Gasteiger partial charge in [-0.1, -0.05) is 37.3 Å². The molecule has 3 nitrogen and oxygen atoms in total. The van der Waals surface area contributed by atoms with Crippen molar-refractivity contribution >= 4 is 9.84 Å². The van der Waals surface area contributed by atoms with E-state index < -0.39 is 9.84 Å². The van der Waals surface area contributed by atoms with Crippen LogP contribution < -0.4 is 5.32 Å². The maximum absolute atomic E-state index is 11.3. The Morgan fingerprint density at radius 3 is 2.47 bits per heavy atom. The van der Waals surface area contributed by atoms with E-state index in [0.29, 0.717) is 6.42 Å². The summed E-state index contributed by atoms with van der Waals surface area (Å²) in [7, 11) is -2.82. The molecule has 1 N–H and O–H groups in total. The van der Waals surface area contributed by atoms with Crippen molar-refractivity contribution in [2.24, 2.45) is 0 Å². The zero-order valence-electron chi connectivity index (χ0n) is 10.5. The molecule has 0 radical (unpaired) electrons. The fraction of sp³-hybridized carbons (Fsp3) is 0.538. The number of hydrogen-bond acceptors (Lipinski definition) is 3. The molecule has 1 aromatic rings. The smallest absolute Gasteiger partial charge is 0.150 e. The Morgan fingerprint density at radius 1 is 1.24 bits per heavy atom. The van der Waals surface area contributed by atoms with Crippen LogP contribution in [0.25, 0.3) is 0 Å². The first-order valence-corrected chi connectivity index (χ1v) is 7.86. The lowest BCUT2D eigenvalue weighted by atomic mass is 10.1. The minimum absolute atomic E-state index is 0.237. The summed E-state index contributed by atoms with van der Waals surface area (Å²) < 4.78 is 22.6. The lowest BCUT2D eigenvalue weighted by molar-refractivity contribution is 0.560. The Kier molecular flexibility index (Phi) is 5.65. The van der Waals surface area contributed by atoms with Crippen LogP contribution in [-0.4, -0.2) is 26.5 Å². The topological polar surface area (TPSA) is 46.2 Å². The molecule has 0 fully saturated rings. The van der Waals surface area contributed by atoms with Crippen LogP contribution in [0.3, 0.4) is 0 Å². The van der Waals surface area contributed by atoms with Crippen LogP contribution in [0, 0.1) is 0 Å². The van der Waals surface area contributed by atoms with E-state index >= 15 is 0 Å². The SMILES string of the molecule is CCS(=O)(=O)CCCN[C@@H](C)c1ccccc1. The van der Waals surface area contributed by atoms with Gasteiger partial charge in [-0.25, -0.2) is 8.42 Å². The van der Waals surface area contributed by atoms with Crippen molar-refractivity contribution in [1.82, 2.24) is 5.32 Å². The molecule has 17 heavy (non-hydrogen) atoms. The molecular formula is C13H21NO2S. The van der Waals surface area contributed by atoms with E-state index in [1.54, 1.807) is 6.92 Å². The Bertz CT molecular complexity index is 414. The molecule has 0 amide bonds. The lowest BCUT2D eigenvalue weighted by Gasteiger charge is -2.13. The Labute approximate surface area is 104 Å². The van der Waals surface area contributed by atoms with Crippen LogP contribution in [0.5, 0.6) is 0 Å². The third-order valence-electron chi connectivity index (χ3n) is 2.82. The molecule has 0 aliphatic heterocycles. The van der Waals surface area contributed by atoms with Crippen molar-refractivity contribution in [2.75, 3.05) is 18.1 Å². The van der Waals surface area contributed by atoms with Gasteiger partial charge in [0, 0.05) is 11.8 Å². The first kappa shape index (κ1) is 14.2.